The summed E-state index contributed by atoms with van der Waals surface area (Å²) in [7, 11) is 0. The molecule has 8 heteroatoms. The maximum absolute atomic E-state index is 11.6. The Balaban J connectivity index is 1.94. The van der Waals surface area contributed by atoms with E-state index in [1.807, 2.05) is 33.9 Å². The number of Topliss-reactive ketones (excluding diaryl/α,β-unsaturated/α-hetero) is 1. The van der Waals surface area contributed by atoms with Gasteiger partial charge >= 0.3 is 0 Å². The van der Waals surface area contributed by atoms with E-state index >= 15 is 0 Å². The fourth-order valence-corrected chi connectivity index (χ4v) is 2.33. The number of hydrogen-bond donors (Lipinski definition) is 0. The number of aryl methyl sites for hydroxylation is 1. The Morgan fingerprint density at radius 2 is 1.61 bits per heavy atom. The molecule has 0 unspecified atom stereocenters. The van der Waals surface area contributed by atoms with E-state index in [0.29, 0.717) is 58.5 Å². The van der Waals surface area contributed by atoms with Crippen molar-refractivity contribution in [2.45, 2.75) is 66.2 Å². The molecule has 0 bridgehead atoms. The highest BCUT2D eigenvalue weighted by atomic mass is 16.6. The van der Waals surface area contributed by atoms with E-state index < -0.39 is 0 Å². The third kappa shape index (κ3) is 12.9. The van der Waals surface area contributed by atoms with E-state index in [4.69, 9.17) is 18.9 Å². The second-order valence-corrected chi connectivity index (χ2v) is 7.25. The zero-order valence-electron chi connectivity index (χ0n) is 17.9. The van der Waals surface area contributed by atoms with E-state index in [-0.39, 0.29) is 12.0 Å². The lowest BCUT2D eigenvalue weighted by Gasteiger charge is -2.08. The van der Waals surface area contributed by atoms with Crippen molar-refractivity contribution in [3.63, 3.8) is 0 Å². The highest BCUT2D eigenvalue weighted by Crippen LogP contribution is 2.06. The fourth-order valence-electron chi connectivity index (χ4n) is 2.33. The Kier molecular flexibility index (Phi) is 13.7. The summed E-state index contributed by atoms with van der Waals surface area (Å²) in [5, 5.41) is 8.18. The van der Waals surface area contributed by atoms with E-state index in [0.717, 1.165) is 25.1 Å². The standard InChI is InChI=1S/C20H37N3O5/c1-17(2)20(24)7-5-6-8-23-15-19(21-22-23)16-27-12-11-25-9-10-26-13-14-28-18(3)4/h15,17-18H,5-14,16H2,1-4H3. The summed E-state index contributed by atoms with van der Waals surface area (Å²) in [6, 6.07) is 0. The first kappa shape index (κ1) is 24.7. The highest BCUT2D eigenvalue weighted by Gasteiger charge is 2.07. The first-order chi connectivity index (χ1) is 13.5. The summed E-state index contributed by atoms with van der Waals surface area (Å²) in [6.07, 6.45) is 4.56. The molecule has 1 rings (SSSR count). The molecule has 8 nitrogen and oxygen atoms in total. The Labute approximate surface area is 168 Å². The smallest absolute Gasteiger partial charge is 0.135 e. The summed E-state index contributed by atoms with van der Waals surface area (Å²) in [6.45, 7) is 12.4. The Bertz CT molecular complexity index is 520. The maximum Gasteiger partial charge on any atom is 0.135 e. The predicted octanol–water partition coefficient (Wildman–Crippen LogP) is 2.65. The Morgan fingerprint density at radius 3 is 2.25 bits per heavy atom. The minimum Gasteiger partial charge on any atom is -0.377 e. The van der Waals surface area contributed by atoms with E-state index in [9.17, 15) is 4.79 Å². The van der Waals surface area contributed by atoms with Gasteiger partial charge in [-0.05, 0) is 26.7 Å². The van der Waals surface area contributed by atoms with Crippen LogP contribution >= 0.6 is 0 Å². The maximum atomic E-state index is 11.6. The average molecular weight is 400 g/mol. The van der Waals surface area contributed by atoms with Crippen LogP contribution in [-0.4, -0.2) is 66.5 Å². The van der Waals surface area contributed by atoms with Gasteiger partial charge in [-0.3, -0.25) is 9.48 Å². The Hall–Kier alpha value is -1.35. The molecule has 0 aliphatic heterocycles. The lowest BCUT2D eigenvalue weighted by molar-refractivity contribution is -0.122. The van der Waals surface area contributed by atoms with Crippen molar-refractivity contribution in [2.75, 3.05) is 39.6 Å². The molecule has 0 radical (unpaired) electrons. The molecule has 0 spiro atoms. The van der Waals surface area contributed by atoms with Crippen LogP contribution in [0.1, 0.15) is 52.7 Å². The van der Waals surface area contributed by atoms with E-state index in [2.05, 4.69) is 10.3 Å². The normalized spacial score (nSPS) is 11.6. The van der Waals surface area contributed by atoms with E-state index in [1.54, 1.807) is 4.68 Å². The molecule has 1 aromatic rings. The molecule has 0 aliphatic rings. The number of aromatic nitrogens is 3. The molecule has 1 aromatic heterocycles. The number of nitrogens with zero attached hydrogens (tertiary/aromatic N) is 3. The summed E-state index contributed by atoms with van der Waals surface area (Å²) in [5.74, 6) is 0.442. The van der Waals surface area contributed by atoms with Crippen molar-refractivity contribution >= 4 is 5.78 Å². The van der Waals surface area contributed by atoms with Crippen LogP contribution in [0.5, 0.6) is 0 Å². The van der Waals surface area contributed by atoms with Gasteiger partial charge in [-0.2, -0.15) is 0 Å². The van der Waals surface area contributed by atoms with Crippen molar-refractivity contribution in [3.05, 3.63) is 11.9 Å². The molecule has 28 heavy (non-hydrogen) atoms. The number of rotatable bonds is 18. The van der Waals surface area contributed by atoms with Gasteiger partial charge in [0.2, 0.25) is 0 Å². The van der Waals surface area contributed by atoms with Gasteiger partial charge in [-0.15, -0.1) is 5.10 Å². The summed E-state index contributed by atoms with van der Waals surface area (Å²) in [4.78, 5) is 11.6. The van der Waals surface area contributed by atoms with Crippen molar-refractivity contribution in [2.24, 2.45) is 5.92 Å². The molecule has 1 heterocycles. The second kappa shape index (κ2) is 15.6. The molecule has 162 valence electrons. The van der Waals surface area contributed by atoms with Crippen LogP contribution in [0.4, 0.5) is 0 Å². The number of ether oxygens (including phenoxy) is 4. The predicted molar refractivity (Wildman–Crippen MR) is 106 cm³/mol. The zero-order valence-corrected chi connectivity index (χ0v) is 17.9. The SMILES string of the molecule is CC(C)OCCOCCOCCOCc1cn(CCCCC(=O)C(C)C)nn1. The van der Waals surface area contributed by atoms with Crippen molar-refractivity contribution < 1.29 is 23.7 Å². The molecule has 0 aromatic carbocycles. The minimum atomic E-state index is 0.121. The van der Waals surface area contributed by atoms with Crippen LogP contribution in [0.3, 0.4) is 0 Å². The van der Waals surface area contributed by atoms with Crippen LogP contribution in [0.25, 0.3) is 0 Å². The van der Waals surface area contributed by atoms with Gasteiger partial charge in [-0.25, -0.2) is 0 Å². The van der Waals surface area contributed by atoms with Crippen molar-refractivity contribution in [1.29, 1.82) is 0 Å². The summed E-state index contributed by atoms with van der Waals surface area (Å²) in [5.41, 5.74) is 0.798. The van der Waals surface area contributed by atoms with Gasteiger partial charge in [0.05, 0.1) is 58.5 Å². The molecule has 0 N–H and O–H groups in total. The van der Waals surface area contributed by atoms with E-state index in [1.165, 1.54) is 0 Å². The van der Waals surface area contributed by atoms with Crippen molar-refractivity contribution in [1.82, 2.24) is 15.0 Å². The fraction of sp³-hybridized carbons (Fsp3) is 0.850. The van der Waals surface area contributed by atoms with Crippen LogP contribution in [0.15, 0.2) is 6.20 Å². The average Bonchev–Trinajstić information content (AvgIpc) is 3.10. The third-order valence-electron chi connectivity index (χ3n) is 3.96. The number of carbonyl (C=O) groups excluding carboxylic acids is 1. The van der Waals surface area contributed by atoms with Gasteiger partial charge < -0.3 is 18.9 Å². The number of carbonyl (C=O) groups is 1. The third-order valence-corrected chi connectivity index (χ3v) is 3.96. The molecule has 0 atom stereocenters. The zero-order chi connectivity index (χ0) is 20.6. The lowest BCUT2D eigenvalue weighted by atomic mass is 10.0. The molecular formula is C20H37N3O5. The second-order valence-electron chi connectivity index (χ2n) is 7.25. The molecule has 0 saturated carbocycles. The molecule has 0 fully saturated rings. The summed E-state index contributed by atoms with van der Waals surface area (Å²) < 4.78 is 23.6. The molecular weight excluding hydrogens is 362 g/mol. The minimum absolute atomic E-state index is 0.121. The van der Waals surface area contributed by atoms with Gasteiger partial charge in [0.1, 0.15) is 11.5 Å². The monoisotopic (exact) mass is 399 g/mol. The van der Waals surface area contributed by atoms with Crippen molar-refractivity contribution in [3.8, 4) is 0 Å². The lowest BCUT2D eigenvalue weighted by Crippen LogP contribution is -2.13. The van der Waals surface area contributed by atoms with Gasteiger partial charge in [0.25, 0.3) is 0 Å². The number of ketones is 1. The molecule has 0 amide bonds. The topological polar surface area (TPSA) is 84.7 Å². The van der Waals surface area contributed by atoms with Gasteiger partial charge in [0.15, 0.2) is 0 Å². The summed E-state index contributed by atoms with van der Waals surface area (Å²) >= 11 is 0. The molecule has 0 aliphatic carbocycles. The Morgan fingerprint density at radius 1 is 0.964 bits per heavy atom. The highest BCUT2D eigenvalue weighted by molar-refractivity contribution is 5.80. The number of hydrogen-bond acceptors (Lipinski definition) is 7. The van der Waals surface area contributed by atoms with Gasteiger partial charge in [-0.1, -0.05) is 19.1 Å². The first-order valence-corrected chi connectivity index (χ1v) is 10.3. The van der Waals surface area contributed by atoms with Gasteiger partial charge in [0, 0.05) is 18.9 Å². The number of unbranched alkanes of at least 4 members (excludes halogenated alkanes) is 1. The van der Waals surface area contributed by atoms with Crippen LogP contribution in [0.2, 0.25) is 0 Å². The first-order valence-electron chi connectivity index (χ1n) is 10.3. The van der Waals surface area contributed by atoms with Crippen LogP contribution in [-0.2, 0) is 36.9 Å². The van der Waals surface area contributed by atoms with Crippen LogP contribution in [0, 0.1) is 5.92 Å². The van der Waals surface area contributed by atoms with Crippen LogP contribution < -0.4 is 0 Å². The quantitative estimate of drug-likeness (QED) is 0.351. The largest absolute Gasteiger partial charge is 0.377 e. The molecule has 0 saturated heterocycles.